The number of hydrogen-bond donors (Lipinski definition) is 1. The lowest BCUT2D eigenvalue weighted by molar-refractivity contribution is -0.121. The third kappa shape index (κ3) is 5.32. The Morgan fingerprint density at radius 1 is 1.16 bits per heavy atom. The summed E-state index contributed by atoms with van der Waals surface area (Å²) in [6, 6.07) is 13.5. The van der Waals surface area contributed by atoms with Crippen LogP contribution in [0.15, 0.2) is 53.6 Å². The third-order valence-corrected chi connectivity index (χ3v) is 5.88. The fourth-order valence-corrected chi connectivity index (χ4v) is 4.11. The Balaban J connectivity index is 1.31. The summed E-state index contributed by atoms with van der Waals surface area (Å²) in [5.74, 6) is 0.762. The second-order valence-electron chi connectivity index (χ2n) is 8.27. The summed E-state index contributed by atoms with van der Waals surface area (Å²) in [6.07, 6.45) is 8.04. The molecule has 1 aliphatic rings. The molecule has 0 unspecified atom stereocenters. The quantitative estimate of drug-likeness (QED) is 0.625. The van der Waals surface area contributed by atoms with Crippen LogP contribution in [0, 0.1) is 6.92 Å². The number of amides is 1. The lowest BCUT2D eigenvalue weighted by atomic mass is 9.98. The standard InChI is InChI=1S/C25H29N3O3/c1-18-7-5-12-22-24(18)27-17-28(25(22)30)14-13-23(29)26-16-19-8-6-11-21(15-19)31-20-9-3-2-4-10-20/h5-8,11-12,15,17,20H,2-4,9-10,13-14,16H2,1H3,(H,26,29). The number of nitrogens with one attached hydrogen (secondary N) is 1. The number of aryl methyl sites for hydroxylation is 2. The Morgan fingerprint density at radius 2 is 1.97 bits per heavy atom. The van der Waals surface area contributed by atoms with Crippen LogP contribution in [0.3, 0.4) is 0 Å². The predicted octanol–water partition coefficient (Wildman–Crippen LogP) is 4.12. The van der Waals surface area contributed by atoms with Gasteiger partial charge in [-0.15, -0.1) is 0 Å². The van der Waals surface area contributed by atoms with Crippen molar-refractivity contribution in [2.45, 2.75) is 64.6 Å². The first kappa shape index (κ1) is 21.1. The van der Waals surface area contributed by atoms with Gasteiger partial charge in [0.25, 0.3) is 5.56 Å². The fraction of sp³-hybridized carbons (Fsp3) is 0.400. The van der Waals surface area contributed by atoms with Crippen LogP contribution in [0.25, 0.3) is 10.9 Å². The molecule has 31 heavy (non-hydrogen) atoms. The van der Waals surface area contributed by atoms with Gasteiger partial charge in [-0.3, -0.25) is 14.2 Å². The highest BCUT2D eigenvalue weighted by Crippen LogP contribution is 2.24. The van der Waals surface area contributed by atoms with Crippen molar-refractivity contribution >= 4 is 16.8 Å². The highest BCUT2D eigenvalue weighted by Gasteiger charge is 2.15. The number of carbonyl (C=O) groups is 1. The van der Waals surface area contributed by atoms with Crippen LogP contribution >= 0.6 is 0 Å². The van der Waals surface area contributed by atoms with Gasteiger partial charge in [-0.1, -0.05) is 30.7 Å². The fourth-order valence-electron chi connectivity index (χ4n) is 4.11. The van der Waals surface area contributed by atoms with E-state index in [2.05, 4.69) is 10.3 Å². The number of fused-ring (bicyclic) bond motifs is 1. The maximum atomic E-state index is 12.7. The molecule has 1 aromatic heterocycles. The van der Waals surface area contributed by atoms with Crippen molar-refractivity contribution in [2.24, 2.45) is 0 Å². The zero-order chi connectivity index (χ0) is 21.6. The van der Waals surface area contributed by atoms with Gasteiger partial charge in [0.2, 0.25) is 5.91 Å². The van der Waals surface area contributed by atoms with E-state index < -0.39 is 0 Å². The first-order valence-corrected chi connectivity index (χ1v) is 11.1. The molecule has 0 atom stereocenters. The van der Waals surface area contributed by atoms with Gasteiger partial charge in [0, 0.05) is 19.5 Å². The largest absolute Gasteiger partial charge is 0.490 e. The molecular weight excluding hydrogens is 390 g/mol. The van der Waals surface area contributed by atoms with Crippen molar-refractivity contribution in [3.63, 3.8) is 0 Å². The number of ether oxygens (including phenoxy) is 1. The zero-order valence-electron chi connectivity index (χ0n) is 18.0. The highest BCUT2D eigenvalue weighted by molar-refractivity contribution is 5.80. The minimum atomic E-state index is -0.117. The lowest BCUT2D eigenvalue weighted by Crippen LogP contribution is -2.27. The summed E-state index contributed by atoms with van der Waals surface area (Å²) < 4.78 is 7.61. The average molecular weight is 420 g/mol. The summed E-state index contributed by atoms with van der Waals surface area (Å²) in [6.45, 7) is 2.67. The predicted molar refractivity (Wildman–Crippen MR) is 121 cm³/mol. The molecule has 0 aliphatic heterocycles. The third-order valence-electron chi connectivity index (χ3n) is 5.88. The number of nitrogens with zero attached hydrogens (tertiary/aromatic N) is 2. The Bertz CT molecular complexity index is 1120. The molecule has 3 aromatic rings. The molecule has 0 saturated heterocycles. The molecule has 2 aromatic carbocycles. The number of hydrogen-bond acceptors (Lipinski definition) is 4. The van der Waals surface area contributed by atoms with Crippen molar-refractivity contribution in [1.82, 2.24) is 14.9 Å². The van der Waals surface area contributed by atoms with Crippen LogP contribution in [0.2, 0.25) is 0 Å². The first-order valence-electron chi connectivity index (χ1n) is 11.1. The van der Waals surface area contributed by atoms with E-state index in [9.17, 15) is 9.59 Å². The maximum absolute atomic E-state index is 12.7. The van der Waals surface area contributed by atoms with E-state index >= 15 is 0 Å². The Hall–Kier alpha value is -3.15. The molecule has 162 valence electrons. The van der Waals surface area contributed by atoms with Crippen molar-refractivity contribution in [1.29, 1.82) is 0 Å². The van der Waals surface area contributed by atoms with Crippen LogP contribution in [0.4, 0.5) is 0 Å². The molecule has 6 heteroatoms. The van der Waals surface area contributed by atoms with Gasteiger partial charge in [0.15, 0.2) is 0 Å². The van der Waals surface area contributed by atoms with E-state index in [0.29, 0.717) is 30.1 Å². The topological polar surface area (TPSA) is 73.2 Å². The van der Waals surface area contributed by atoms with E-state index in [-0.39, 0.29) is 17.9 Å². The van der Waals surface area contributed by atoms with Gasteiger partial charge in [0.05, 0.1) is 23.3 Å². The van der Waals surface area contributed by atoms with Gasteiger partial charge >= 0.3 is 0 Å². The summed E-state index contributed by atoms with van der Waals surface area (Å²) in [5, 5.41) is 3.52. The SMILES string of the molecule is Cc1cccc2c(=O)n(CCC(=O)NCc3cccc(OC4CCCCC4)c3)cnc12. The number of benzene rings is 2. The highest BCUT2D eigenvalue weighted by atomic mass is 16.5. The zero-order valence-corrected chi connectivity index (χ0v) is 18.0. The molecule has 0 spiro atoms. The second kappa shape index (κ2) is 9.77. The average Bonchev–Trinajstić information content (AvgIpc) is 2.79. The van der Waals surface area contributed by atoms with Crippen molar-refractivity contribution in [3.8, 4) is 5.75 Å². The minimum Gasteiger partial charge on any atom is -0.490 e. The molecule has 1 N–H and O–H groups in total. The van der Waals surface area contributed by atoms with E-state index in [4.69, 9.17) is 4.74 Å². The molecule has 0 radical (unpaired) electrons. The lowest BCUT2D eigenvalue weighted by Gasteiger charge is -2.23. The van der Waals surface area contributed by atoms with Gasteiger partial charge in [-0.05, 0) is 61.9 Å². The molecule has 6 nitrogen and oxygen atoms in total. The maximum Gasteiger partial charge on any atom is 0.261 e. The second-order valence-corrected chi connectivity index (χ2v) is 8.27. The molecule has 1 amide bonds. The number of rotatable bonds is 7. The van der Waals surface area contributed by atoms with Crippen LogP contribution in [-0.2, 0) is 17.9 Å². The van der Waals surface area contributed by atoms with Crippen molar-refractivity contribution < 1.29 is 9.53 Å². The molecule has 1 aliphatic carbocycles. The van der Waals surface area contributed by atoms with Crippen molar-refractivity contribution in [3.05, 3.63) is 70.3 Å². The molecule has 1 saturated carbocycles. The molecule has 0 bridgehead atoms. The first-order chi connectivity index (χ1) is 15.1. The van der Waals surface area contributed by atoms with Gasteiger partial charge < -0.3 is 10.1 Å². The summed E-state index contributed by atoms with van der Waals surface area (Å²) in [5.41, 5.74) is 2.56. The van der Waals surface area contributed by atoms with Crippen molar-refractivity contribution in [2.75, 3.05) is 0 Å². The number of carbonyl (C=O) groups excluding carboxylic acids is 1. The van der Waals surface area contributed by atoms with E-state index in [1.165, 1.54) is 30.2 Å². The summed E-state index contributed by atoms with van der Waals surface area (Å²) in [4.78, 5) is 29.4. The van der Waals surface area contributed by atoms with Crippen LogP contribution in [0.5, 0.6) is 5.75 Å². The van der Waals surface area contributed by atoms with Gasteiger partial charge in [0.1, 0.15) is 5.75 Å². The van der Waals surface area contributed by atoms with Crippen LogP contribution in [-0.4, -0.2) is 21.6 Å². The monoisotopic (exact) mass is 419 g/mol. The van der Waals surface area contributed by atoms with E-state index in [0.717, 1.165) is 29.7 Å². The molecule has 1 fully saturated rings. The molecule has 4 rings (SSSR count). The number of para-hydroxylation sites is 1. The minimum absolute atomic E-state index is 0.102. The van der Waals surface area contributed by atoms with Crippen LogP contribution < -0.4 is 15.6 Å². The number of aromatic nitrogens is 2. The normalized spacial score (nSPS) is 14.5. The van der Waals surface area contributed by atoms with E-state index in [1.807, 2.05) is 43.3 Å². The Kier molecular flexibility index (Phi) is 6.65. The Morgan fingerprint density at radius 3 is 2.81 bits per heavy atom. The molecular formula is C25H29N3O3. The molecule has 1 heterocycles. The van der Waals surface area contributed by atoms with Gasteiger partial charge in [-0.25, -0.2) is 4.98 Å². The Labute approximate surface area is 182 Å². The summed E-state index contributed by atoms with van der Waals surface area (Å²) in [7, 11) is 0. The van der Waals surface area contributed by atoms with E-state index in [1.54, 1.807) is 6.07 Å². The van der Waals surface area contributed by atoms with Gasteiger partial charge in [-0.2, -0.15) is 0 Å². The summed E-state index contributed by atoms with van der Waals surface area (Å²) >= 11 is 0. The smallest absolute Gasteiger partial charge is 0.261 e. The van der Waals surface area contributed by atoms with Crippen LogP contribution in [0.1, 0.15) is 49.7 Å².